The van der Waals surface area contributed by atoms with Gasteiger partial charge in [-0.05, 0) is 46.9 Å². The standard InChI is InChI=1S/C24H33NO/c1-17(2)20-10-7-19(8-11-20)9-16-23(26)25-18(3)21-12-14-22(15-13-21)24(4,5)6/h7-8,10-15,17-18H,9,16H2,1-6H3,(H,25,26)/t18-/m0/s1. The van der Waals surface area contributed by atoms with Crippen LogP contribution in [0.5, 0.6) is 0 Å². The van der Waals surface area contributed by atoms with Gasteiger partial charge in [0.15, 0.2) is 0 Å². The molecular weight excluding hydrogens is 318 g/mol. The van der Waals surface area contributed by atoms with Crippen LogP contribution in [-0.2, 0) is 16.6 Å². The summed E-state index contributed by atoms with van der Waals surface area (Å²) in [5.74, 6) is 0.642. The van der Waals surface area contributed by atoms with Gasteiger partial charge in [0.25, 0.3) is 0 Å². The predicted molar refractivity (Wildman–Crippen MR) is 111 cm³/mol. The van der Waals surface area contributed by atoms with E-state index in [9.17, 15) is 4.79 Å². The third-order valence-electron chi connectivity index (χ3n) is 4.94. The highest BCUT2D eigenvalue weighted by Crippen LogP contribution is 2.24. The lowest BCUT2D eigenvalue weighted by atomic mass is 9.86. The fraction of sp³-hybridized carbons (Fsp3) is 0.458. The minimum absolute atomic E-state index is 0.0276. The van der Waals surface area contributed by atoms with E-state index < -0.39 is 0 Å². The Labute approximate surface area is 159 Å². The van der Waals surface area contributed by atoms with E-state index in [1.165, 1.54) is 16.7 Å². The maximum Gasteiger partial charge on any atom is 0.220 e. The summed E-state index contributed by atoms with van der Waals surface area (Å²) in [7, 11) is 0. The Morgan fingerprint density at radius 2 is 1.42 bits per heavy atom. The van der Waals surface area contributed by atoms with Gasteiger partial charge in [-0.25, -0.2) is 0 Å². The zero-order chi connectivity index (χ0) is 19.3. The molecule has 140 valence electrons. The van der Waals surface area contributed by atoms with Gasteiger partial charge in [0.2, 0.25) is 5.91 Å². The van der Waals surface area contributed by atoms with Crippen LogP contribution in [0.3, 0.4) is 0 Å². The zero-order valence-electron chi connectivity index (χ0n) is 17.1. The molecule has 2 aromatic carbocycles. The first-order valence-electron chi connectivity index (χ1n) is 9.65. The Balaban J connectivity index is 1.86. The van der Waals surface area contributed by atoms with Crippen molar-refractivity contribution in [3.05, 3.63) is 70.8 Å². The van der Waals surface area contributed by atoms with Gasteiger partial charge in [-0.1, -0.05) is 83.1 Å². The van der Waals surface area contributed by atoms with Gasteiger partial charge in [0.05, 0.1) is 6.04 Å². The van der Waals surface area contributed by atoms with E-state index >= 15 is 0 Å². The molecular formula is C24H33NO. The number of carbonyl (C=O) groups excluding carboxylic acids is 1. The smallest absolute Gasteiger partial charge is 0.220 e. The number of hydrogen-bond acceptors (Lipinski definition) is 1. The third-order valence-corrected chi connectivity index (χ3v) is 4.94. The van der Waals surface area contributed by atoms with Crippen LogP contribution in [0.1, 0.15) is 82.2 Å². The summed E-state index contributed by atoms with van der Waals surface area (Å²) < 4.78 is 0. The van der Waals surface area contributed by atoms with Crippen LogP contribution in [0.4, 0.5) is 0 Å². The number of rotatable bonds is 6. The second-order valence-electron chi connectivity index (χ2n) is 8.56. The maximum absolute atomic E-state index is 12.3. The maximum atomic E-state index is 12.3. The summed E-state index contributed by atoms with van der Waals surface area (Å²) in [5.41, 5.74) is 5.16. The highest BCUT2D eigenvalue weighted by atomic mass is 16.1. The van der Waals surface area contributed by atoms with E-state index in [1.807, 2.05) is 6.92 Å². The summed E-state index contributed by atoms with van der Waals surface area (Å²) >= 11 is 0. The van der Waals surface area contributed by atoms with Crippen molar-refractivity contribution in [1.29, 1.82) is 0 Å². The molecule has 26 heavy (non-hydrogen) atoms. The van der Waals surface area contributed by atoms with Crippen LogP contribution in [0.15, 0.2) is 48.5 Å². The third kappa shape index (κ3) is 5.72. The van der Waals surface area contributed by atoms with Crippen LogP contribution < -0.4 is 5.32 Å². The van der Waals surface area contributed by atoms with E-state index in [0.29, 0.717) is 12.3 Å². The summed E-state index contributed by atoms with van der Waals surface area (Å²) in [4.78, 5) is 12.3. The highest BCUT2D eigenvalue weighted by Gasteiger charge is 2.15. The largest absolute Gasteiger partial charge is 0.350 e. The molecule has 0 fully saturated rings. The van der Waals surface area contributed by atoms with Crippen LogP contribution in [-0.4, -0.2) is 5.91 Å². The van der Waals surface area contributed by atoms with E-state index in [-0.39, 0.29) is 17.4 Å². The summed E-state index contributed by atoms with van der Waals surface area (Å²) in [6.45, 7) is 13.1. The fourth-order valence-electron chi connectivity index (χ4n) is 3.00. The van der Waals surface area contributed by atoms with E-state index in [0.717, 1.165) is 12.0 Å². The first-order valence-corrected chi connectivity index (χ1v) is 9.65. The van der Waals surface area contributed by atoms with Crippen molar-refractivity contribution in [2.45, 2.75) is 71.8 Å². The number of carbonyl (C=O) groups is 1. The number of amides is 1. The minimum atomic E-state index is 0.0276. The average Bonchev–Trinajstić information content (AvgIpc) is 2.59. The molecule has 1 amide bonds. The van der Waals surface area contributed by atoms with Gasteiger partial charge in [-0.3, -0.25) is 4.79 Å². The van der Waals surface area contributed by atoms with Crippen LogP contribution in [0.25, 0.3) is 0 Å². The lowest BCUT2D eigenvalue weighted by molar-refractivity contribution is -0.121. The molecule has 0 heterocycles. The second kappa shape index (κ2) is 8.53. The van der Waals surface area contributed by atoms with E-state index in [2.05, 4.69) is 88.5 Å². The van der Waals surface area contributed by atoms with Crippen molar-refractivity contribution >= 4 is 5.91 Å². The molecule has 2 heteroatoms. The molecule has 0 radical (unpaired) electrons. The second-order valence-corrected chi connectivity index (χ2v) is 8.56. The van der Waals surface area contributed by atoms with Gasteiger partial charge in [0.1, 0.15) is 0 Å². The van der Waals surface area contributed by atoms with Crippen LogP contribution >= 0.6 is 0 Å². The zero-order valence-corrected chi connectivity index (χ0v) is 17.1. The molecule has 0 unspecified atom stereocenters. The number of benzene rings is 2. The van der Waals surface area contributed by atoms with Gasteiger partial charge in [-0.15, -0.1) is 0 Å². The Morgan fingerprint density at radius 3 is 1.92 bits per heavy atom. The minimum Gasteiger partial charge on any atom is -0.350 e. The first kappa shape index (κ1) is 20.2. The normalized spacial score (nSPS) is 12.9. The Hall–Kier alpha value is -2.09. The molecule has 0 spiro atoms. The van der Waals surface area contributed by atoms with Crippen molar-refractivity contribution in [2.75, 3.05) is 0 Å². The van der Waals surface area contributed by atoms with Gasteiger partial charge in [-0.2, -0.15) is 0 Å². The number of hydrogen-bond donors (Lipinski definition) is 1. The lowest BCUT2D eigenvalue weighted by Gasteiger charge is -2.20. The van der Waals surface area contributed by atoms with Crippen molar-refractivity contribution in [2.24, 2.45) is 0 Å². The van der Waals surface area contributed by atoms with E-state index in [1.54, 1.807) is 0 Å². The summed E-state index contributed by atoms with van der Waals surface area (Å²) in [5, 5.41) is 3.12. The van der Waals surface area contributed by atoms with Gasteiger partial charge >= 0.3 is 0 Å². The van der Waals surface area contributed by atoms with Gasteiger partial charge in [0, 0.05) is 6.42 Å². The monoisotopic (exact) mass is 351 g/mol. The highest BCUT2D eigenvalue weighted by molar-refractivity contribution is 5.76. The molecule has 2 rings (SSSR count). The average molecular weight is 352 g/mol. The topological polar surface area (TPSA) is 29.1 Å². The Morgan fingerprint density at radius 1 is 0.885 bits per heavy atom. The fourth-order valence-corrected chi connectivity index (χ4v) is 3.00. The molecule has 0 saturated carbocycles. The van der Waals surface area contributed by atoms with Crippen molar-refractivity contribution in [3.8, 4) is 0 Å². The SMILES string of the molecule is CC(C)c1ccc(CCC(=O)N[C@@H](C)c2ccc(C(C)(C)C)cc2)cc1. The first-order chi connectivity index (χ1) is 12.2. The van der Waals surface area contributed by atoms with E-state index in [4.69, 9.17) is 0 Å². The Bertz CT molecular complexity index is 705. The summed E-state index contributed by atoms with van der Waals surface area (Å²) in [6.07, 6.45) is 1.30. The lowest BCUT2D eigenvalue weighted by Crippen LogP contribution is -2.26. The van der Waals surface area contributed by atoms with Gasteiger partial charge < -0.3 is 5.32 Å². The molecule has 0 saturated heterocycles. The summed E-state index contributed by atoms with van der Waals surface area (Å²) in [6, 6.07) is 17.2. The molecule has 0 aliphatic carbocycles. The van der Waals surface area contributed by atoms with Crippen molar-refractivity contribution < 1.29 is 4.79 Å². The van der Waals surface area contributed by atoms with Crippen LogP contribution in [0, 0.1) is 0 Å². The number of aryl methyl sites for hydroxylation is 1. The molecule has 0 aromatic heterocycles. The molecule has 0 aliphatic rings. The quantitative estimate of drug-likeness (QED) is 0.688. The molecule has 2 nitrogen and oxygen atoms in total. The van der Waals surface area contributed by atoms with Crippen LogP contribution in [0.2, 0.25) is 0 Å². The molecule has 0 aliphatic heterocycles. The van der Waals surface area contributed by atoms with Crippen molar-refractivity contribution in [3.63, 3.8) is 0 Å². The molecule has 0 bridgehead atoms. The molecule has 2 aromatic rings. The molecule has 1 N–H and O–H groups in total. The Kier molecular flexibility index (Phi) is 6.63. The van der Waals surface area contributed by atoms with Crippen molar-refractivity contribution in [1.82, 2.24) is 5.32 Å². The predicted octanol–water partition coefficient (Wildman–Crippen LogP) is 5.92. The number of nitrogens with one attached hydrogen (secondary N) is 1. The molecule has 1 atom stereocenters.